The van der Waals surface area contributed by atoms with Gasteiger partial charge >= 0.3 is 0 Å². The normalized spacial score (nSPS) is 10.2. The lowest BCUT2D eigenvalue weighted by atomic mass is 10.3. The van der Waals surface area contributed by atoms with Crippen LogP contribution in [-0.2, 0) is 11.3 Å². The molecule has 0 aliphatic heterocycles. The van der Waals surface area contributed by atoms with E-state index in [-0.39, 0.29) is 19.1 Å². The summed E-state index contributed by atoms with van der Waals surface area (Å²) >= 11 is 0. The van der Waals surface area contributed by atoms with Crippen LogP contribution in [-0.4, -0.2) is 22.7 Å². The van der Waals surface area contributed by atoms with Crippen molar-refractivity contribution in [2.75, 3.05) is 12.3 Å². The predicted molar refractivity (Wildman–Crippen MR) is 67.2 cm³/mol. The van der Waals surface area contributed by atoms with Gasteiger partial charge in [-0.3, -0.25) is 4.79 Å². The summed E-state index contributed by atoms with van der Waals surface area (Å²) in [6.07, 6.45) is 0. The van der Waals surface area contributed by atoms with Crippen molar-refractivity contribution >= 4 is 11.6 Å². The van der Waals surface area contributed by atoms with Crippen LogP contribution in [0.1, 0.15) is 11.7 Å². The van der Waals surface area contributed by atoms with E-state index in [2.05, 4.69) is 15.5 Å². The summed E-state index contributed by atoms with van der Waals surface area (Å²) in [5.41, 5.74) is 6.18. The number of benzene rings is 1. The van der Waals surface area contributed by atoms with Crippen LogP contribution in [0.4, 0.5) is 5.69 Å². The van der Waals surface area contributed by atoms with Gasteiger partial charge in [0.1, 0.15) is 5.75 Å². The molecule has 1 heterocycles. The standard InChI is InChI=1S/C12H14N4O3/c1-8-15-11(16-19-8)6-14-12(17)7-18-10-4-2-3-9(13)5-10/h2-5H,6-7,13H2,1H3,(H,14,17). The van der Waals surface area contributed by atoms with E-state index in [1.165, 1.54) is 0 Å². The van der Waals surface area contributed by atoms with E-state index >= 15 is 0 Å². The van der Waals surface area contributed by atoms with Crippen LogP contribution >= 0.6 is 0 Å². The first-order valence-corrected chi connectivity index (χ1v) is 5.68. The number of aromatic nitrogens is 2. The van der Waals surface area contributed by atoms with Gasteiger partial charge < -0.3 is 20.3 Å². The highest BCUT2D eigenvalue weighted by atomic mass is 16.5. The number of nitrogens with two attached hydrogens (primary N) is 1. The Morgan fingerprint density at radius 2 is 2.37 bits per heavy atom. The second kappa shape index (κ2) is 5.85. The first kappa shape index (κ1) is 12.9. The zero-order valence-corrected chi connectivity index (χ0v) is 10.4. The first-order valence-electron chi connectivity index (χ1n) is 5.68. The Morgan fingerprint density at radius 1 is 1.53 bits per heavy atom. The Kier molecular flexibility index (Phi) is 3.97. The number of hydrogen-bond acceptors (Lipinski definition) is 6. The van der Waals surface area contributed by atoms with E-state index in [9.17, 15) is 4.79 Å². The van der Waals surface area contributed by atoms with E-state index < -0.39 is 0 Å². The van der Waals surface area contributed by atoms with Gasteiger partial charge in [0.05, 0.1) is 6.54 Å². The second-order valence-corrected chi connectivity index (χ2v) is 3.87. The van der Waals surface area contributed by atoms with Crippen LogP contribution in [0, 0.1) is 6.92 Å². The lowest BCUT2D eigenvalue weighted by Gasteiger charge is -2.06. The zero-order chi connectivity index (χ0) is 13.7. The number of nitrogens with one attached hydrogen (secondary N) is 1. The second-order valence-electron chi connectivity index (χ2n) is 3.87. The maximum atomic E-state index is 11.5. The summed E-state index contributed by atoms with van der Waals surface area (Å²) in [7, 11) is 0. The molecular formula is C12H14N4O3. The third kappa shape index (κ3) is 3.98. The molecule has 0 saturated carbocycles. The van der Waals surface area contributed by atoms with Gasteiger partial charge in [0.15, 0.2) is 12.4 Å². The van der Waals surface area contributed by atoms with Crippen molar-refractivity contribution in [3.63, 3.8) is 0 Å². The highest BCUT2D eigenvalue weighted by molar-refractivity contribution is 5.77. The van der Waals surface area contributed by atoms with Gasteiger partial charge in [-0.05, 0) is 12.1 Å². The number of nitrogen functional groups attached to an aromatic ring is 1. The van der Waals surface area contributed by atoms with Gasteiger partial charge in [-0.2, -0.15) is 4.98 Å². The summed E-state index contributed by atoms with van der Waals surface area (Å²) < 4.78 is 10.1. The summed E-state index contributed by atoms with van der Waals surface area (Å²) in [6, 6.07) is 6.87. The monoisotopic (exact) mass is 262 g/mol. The molecule has 1 amide bonds. The van der Waals surface area contributed by atoms with Gasteiger partial charge in [-0.15, -0.1) is 0 Å². The number of aryl methyl sites for hydroxylation is 1. The van der Waals surface area contributed by atoms with Gasteiger partial charge in [0.25, 0.3) is 5.91 Å². The fourth-order valence-corrected chi connectivity index (χ4v) is 1.40. The van der Waals surface area contributed by atoms with Gasteiger partial charge in [0.2, 0.25) is 5.89 Å². The number of rotatable bonds is 5. The largest absolute Gasteiger partial charge is 0.484 e. The molecule has 2 rings (SSSR count). The number of ether oxygens (including phenoxy) is 1. The molecule has 0 radical (unpaired) electrons. The summed E-state index contributed by atoms with van der Waals surface area (Å²) in [6.45, 7) is 1.79. The predicted octanol–water partition coefficient (Wildman–Crippen LogP) is 0.655. The zero-order valence-electron chi connectivity index (χ0n) is 10.4. The molecule has 100 valence electrons. The molecule has 3 N–H and O–H groups in total. The average molecular weight is 262 g/mol. The fraction of sp³-hybridized carbons (Fsp3) is 0.250. The molecule has 7 heteroatoms. The smallest absolute Gasteiger partial charge is 0.258 e. The van der Waals surface area contributed by atoms with Gasteiger partial charge in [-0.1, -0.05) is 11.2 Å². The lowest BCUT2D eigenvalue weighted by Crippen LogP contribution is -2.28. The van der Waals surface area contributed by atoms with Crippen molar-refractivity contribution in [2.24, 2.45) is 0 Å². The summed E-state index contributed by atoms with van der Waals surface area (Å²) in [5.74, 6) is 1.16. The third-order valence-electron chi connectivity index (χ3n) is 2.24. The van der Waals surface area contributed by atoms with Crippen LogP contribution < -0.4 is 15.8 Å². The topological polar surface area (TPSA) is 103 Å². The van der Waals surface area contributed by atoms with Crippen molar-refractivity contribution < 1.29 is 14.1 Å². The molecule has 19 heavy (non-hydrogen) atoms. The van der Waals surface area contributed by atoms with E-state index in [0.29, 0.717) is 23.2 Å². The molecule has 2 aromatic rings. The number of carbonyl (C=O) groups excluding carboxylic acids is 1. The molecule has 7 nitrogen and oxygen atoms in total. The number of hydrogen-bond donors (Lipinski definition) is 2. The van der Waals surface area contributed by atoms with Gasteiger partial charge in [0, 0.05) is 18.7 Å². The van der Waals surface area contributed by atoms with E-state index in [1.807, 2.05) is 0 Å². The van der Waals surface area contributed by atoms with Crippen LogP contribution in [0.2, 0.25) is 0 Å². The van der Waals surface area contributed by atoms with Gasteiger partial charge in [-0.25, -0.2) is 0 Å². The number of anilines is 1. The molecule has 0 atom stereocenters. The Morgan fingerprint density at radius 3 is 3.05 bits per heavy atom. The molecule has 0 aliphatic carbocycles. The SMILES string of the molecule is Cc1nc(CNC(=O)COc2cccc(N)c2)no1. The lowest BCUT2D eigenvalue weighted by molar-refractivity contribution is -0.123. The average Bonchev–Trinajstić information content (AvgIpc) is 2.80. The summed E-state index contributed by atoms with van der Waals surface area (Å²) in [4.78, 5) is 15.5. The van der Waals surface area contributed by atoms with E-state index in [4.69, 9.17) is 15.0 Å². The molecule has 0 bridgehead atoms. The Labute approximate surface area is 109 Å². The van der Waals surface area contributed by atoms with Crippen molar-refractivity contribution in [1.82, 2.24) is 15.5 Å². The summed E-state index contributed by atoms with van der Waals surface area (Å²) in [5, 5.41) is 6.28. The minimum atomic E-state index is -0.273. The van der Waals surface area contributed by atoms with E-state index in [0.717, 1.165) is 0 Å². The third-order valence-corrected chi connectivity index (χ3v) is 2.24. The number of nitrogens with zero attached hydrogens (tertiary/aromatic N) is 2. The van der Waals surface area contributed by atoms with Crippen LogP contribution in [0.3, 0.4) is 0 Å². The fourth-order valence-electron chi connectivity index (χ4n) is 1.40. The Hall–Kier alpha value is -2.57. The van der Waals surface area contributed by atoms with Crippen molar-refractivity contribution in [3.8, 4) is 5.75 Å². The molecule has 0 spiro atoms. The van der Waals surface area contributed by atoms with Crippen molar-refractivity contribution in [1.29, 1.82) is 0 Å². The highest BCUT2D eigenvalue weighted by Gasteiger charge is 2.06. The highest BCUT2D eigenvalue weighted by Crippen LogP contribution is 2.13. The molecule has 0 aliphatic rings. The maximum Gasteiger partial charge on any atom is 0.258 e. The molecular weight excluding hydrogens is 248 g/mol. The van der Waals surface area contributed by atoms with Crippen LogP contribution in [0.15, 0.2) is 28.8 Å². The Bertz CT molecular complexity index is 568. The van der Waals surface area contributed by atoms with Crippen molar-refractivity contribution in [3.05, 3.63) is 36.0 Å². The van der Waals surface area contributed by atoms with Crippen LogP contribution in [0.25, 0.3) is 0 Å². The number of carbonyl (C=O) groups is 1. The van der Waals surface area contributed by atoms with E-state index in [1.54, 1.807) is 31.2 Å². The molecule has 1 aromatic carbocycles. The minimum absolute atomic E-state index is 0.0969. The molecule has 1 aromatic heterocycles. The number of amides is 1. The minimum Gasteiger partial charge on any atom is -0.484 e. The maximum absolute atomic E-state index is 11.5. The molecule has 0 fully saturated rings. The van der Waals surface area contributed by atoms with Crippen molar-refractivity contribution in [2.45, 2.75) is 13.5 Å². The molecule has 0 unspecified atom stereocenters. The quantitative estimate of drug-likeness (QED) is 0.767. The van der Waals surface area contributed by atoms with Crippen LogP contribution in [0.5, 0.6) is 5.75 Å². The first-order chi connectivity index (χ1) is 9.13. The molecule has 0 saturated heterocycles. The Balaban J connectivity index is 1.75.